The van der Waals surface area contributed by atoms with Crippen LogP contribution in [0.2, 0.25) is 0 Å². The Kier molecular flexibility index (Phi) is 5.32. The van der Waals surface area contributed by atoms with Gasteiger partial charge in [-0.25, -0.2) is 0 Å². The lowest BCUT2D eigenvalue weighted by atomic mass is 10.1. The van der Waals surface area contributed by atoms with E-state index in [0.29, 0.717) is 0 Å². The number of hydrogen-bond acceptors (Lipinski definition) is 4. The van der Waals surface area contributed by atoms with Crippen LogP contribution in [0.4, 0.5) is 18.9 Å². The van der Waals surface area contributed by atoms with E-state index >= 15 is 0 Å². The number of nitrogens with zero attached hydrogens (tertiary/aromatic N) is 3. The predicted molar refractivity (Wildman–Crippen MR) is 98.9 cm³/mol. The zero-order chi connectivity index (χ0) is 20.5. The van der Waals surface area contributed by atoms with Gasteiger partial charge in [-0.2, -0.15) is 13.2 Å². The van der Waals surface area contributed by atoms with Gasteiger partial charge in [-0.1, -0.05) is 12.1 Å². The van der Waals surface area contributed by atoms with E-state index in [1.54, 1.807) is 24.5 Å². The number of aromatic nitrogens is 1. The molecule has 1 saturated heterocycles. The fourth-order valence-electron chi connectivity index (χ4n) is 2.95. The summed E-state index contributed by atoms with van der Waals surface area (Å²) in [5, 5.41) is -0.000530. The quantitative estimate of drug-likeness (QED) is 0.769. The van der Waals surface area contributed by atoms with E-state index < -0.39 is 29.6 Å². The van der Waals surface area contributed by atoms with Crippen LogP contribution in [-0.4, -0.2) is 32.9 Å². The first kappa shape index (κ1) is 19.7. The molecule has 0 bridgehead atoms. The second-order valence-corrected chi connectivity index (χ2v) is 6.54. The van der Waals surface area contributed by atoms with Crippen molar-refractivity contribution in [1.82, 2.24) is 9.88 Å². The van der Waals surface area contributed by atoms with Crippen LogP contribution < -0.4 is 10.6 Å². The molecule has 0 unspecified atom stereocenters. The van der Waals surface area contributed by atoms with Crippen LogP contribution in [-0.2, 0) is 22.3 Å². The van der Waals surface area contributed by atoms with Gasteiger partial charge >= 0.3 is 6.18 Å². The van der Waals surface area contributed by atoms with Gasteiger partial charge in [0.05, 0.1) is 17.7 Å². The van der Waals surface area contributed by atoms with Crippen LogP contribution in [0.1, 0.15) is 17.5 Å². The highest BCUT2D eigenvalue weighted by Gasteiger charge is 2.44. The number of carbonyl (C=O) groups is 2. The average molecular weight is 408 g/mol. The number of primary amides is 1. The molecular formula is C18H15F3N4O2S. The number of hydrogen-bond donors (Lipinski definition) is 1. The molecule has 1 aliphatic rings. The number of amides is 2. The number of pyridine rings is 1. The van der Waals surface area contributed by atoms with Gasteiger partial charge in [-0.05, 0) is 42.0 Å². The maximum absolute atomic E-state index is 13.0. The Labute approximate surface area is 163 Å². The van der Waals surface area contributed by atoms with Crippen LogP contribution in [0.15, 0.2) is 48.8 Å². The molecule has 1 fully saturated rings. The Morgan fingerprint density at radius 2 is 2.00 bits per heavy atom. The molecule has 2 aromatic rings. The molecule has 146 valence electrons. The smallest absolute Gasteiger partial charge is 0.370 e. The molecule has 1 atom stereocenters. The Hall–Kier alpha value is -3.01. The maximum atomic E-state index is 13.0. The van der Waals surface area contributed by atoms with E-state index in [-0.39, 0.29) is 23.8 Å². The number of rotatable bonds is 5. The molecular weight excluding hydrogens is 393 g/mol. The lowest BCUT2D eigenvalue weighted by molar-refractivity contribution is -0.137. The molecule has 0 spiro atoms. The van der Waals surface area contributed by atoms with Crippen molar-refractivity contribution < 1.29 is 22.8 Å². The minimum Gasteiger partial charge on any atom is -0.370 e. The molecule has 2 heterocycles. The third kappa shape index (κ3) is 3.96. The fraction of sp³-hybridized carbons (Fsp3) is 0.222. The number of benzene rings is 1. The summed E-state index contributed by atoms with van der Waals surface area (Å²) in [7, 11) is 0. The molecule has 28 heavy (non-hydrogen) atoms. The molecule has 3 rings (SSSR count). The lowest BCUT2D eigenvalue weighted by Crippen LogP contribution is -2.37. The van der Waals surface area contributed by atoms with Gasteiger partial charge in [-0.15, -0.1) is 0 Å². The van der Waals surface area contributed by atoms with Gasteiger partial charge in [0.1, 0.15) is 6.04 Å². The van der Waals surface area contributed by atoms with Crippen molar-refractivity contribution in [2.45, 2.75) is 25.2 Å². The topological polar surface area (TPSA) is 79.5 Å². The first-order valence-electron chi connectivity index (χ1n) is 8.17. The number of nitrogens with two attached hydrogens (primary N) is 1. The minimum atomic E-state index is -4.57. The average Bonchev–Trinajstić information content (AvgIpc) is 2.86. The summed E-state index contributed by atoms with van der Waals surface area (Å²) < 4.78 is 39.1. The second-order valence-electron chi connectivity index (χ2n) is 6.18. The number of halogens is 3. The zero-order valence-corrected chi connectivity index (χ0v) is 15.2. The summed E-state index contributed by atoms with van der Waals surface area (Å²) in [6.07, 6.45) is -1.73. The van der Waals surface area contributed by atoms with E-state index in [2.05, 4.69) is 4.98 Å². The van der Waals surface area contributed by atoms with Crippen molar-refractivity contribution >= 4 is 34.8 Å². The molecule has 10 heteroatoms. The summed E-state index contributed by atoms with van der Waals surface area (Å²) in [6.45, 7) is 0.159. The minimum absolute atomic E-state index is 0.000530. The zero-order valence-electron chi connectivity index (χ0n) is 14.4. The van der Waals surface area contributed by atoms with Gasteiger partial charge in [-0.3, -0.25) is 19.5 Å². The molecule has 1 aromatic heterocycles. The number of carbonyl (C=O) groups excluding carboxylic acids is 2. The van der Waals surface area contributed by atoms with Crippen LogP contribution in [0.3, 0.4) is 0 Å². The number of thiocarbonyl (C=S) groups is 1. The molecule has 0 saturated carbocycles. The Bertz CT molecular complexity index is 921. The van der Waals surface area contributed by atoms with Crippen LogP contribution in [0, 0.1) is 0 Å². The van der Waals surface area contributed by atoms with Gasteiger partial charge in [0.2, 0.25) is 5.91 Å². The van der Waals surface area contributed by atoms with E-state index in [9.17, 15) is 22.8 Å². The third-order valence-corrected chi connectivity index (χ3v) is 4.64. The maximum Gasteiger partial charge on any atom is 0.416 e. The Balaban J connectivity index is 1.98. The Morgan fingerprint density at radius 3 is 2.61 bits per heavy atom. The van der Waals surface area contributed by atoms with Crippen molar-refractivity contribution in [2.24, 2.45) is 5.73 Å². The molecule has 1 aliphatic heterocycles. The summed E-state index contributed by atoms with van der Waals surface area (Å²) in [6, 6.07) is 6.76. The highest BCUT2D eigenvalue weighted by atomic mass is 32.1. The van der Waals surface area contributed by atoms with E-state index in [0.717, 1.165) is 22.6 Å². The van der Waals surface area contributed by atoms with Crippen LogP contribution >= 0.6 is 12.2 Å². The van der Waals surface area contributed by atoms with E-state index in [4.69, 9.17) is 18.0 Å². The highest BCUT2D eigenvalue weighted by molar-refractivity contribution is 7.80. The first-order valence-corrected chi connectivity index (χ1v) is 8.58. The van der Waals surface area contributed by atoms with E-state index in [1.807, 2.05) is 0 Å². The van der Waals surface area contributed by atoms with Gasteiger partial charge in [0.25, 0.3) is 5.91 Å². The largest absolute Gasteiger partial charge is 0.416 e. The summed E-state index contributed by atoms with van der Waals surface area (Å²) in [5.74, 6) is -1.32. The van der Waals surface area contributed by atoms with Crippen molar-refractivity contribution in [3.63, 3.8) is 0 Å². The molecule has 1 aromatic carbocycles. The molecule has 0 radical (unpaired) electrons. The van der Waals surface area contributed by atoms with Crippen LogP contribution in [0.25, 0.3) is 0 Å². The van der Waals surface area contributed by atoms with E-state index in [1.165, 1.54) is 17.0 Å². The van der Waals surface area contributed by atoms with Crippen molar-refractivity contribution in [3.05, 3.63) is 59.9 Å². The SMILES string of the molecule is NC(=O)C[C@H]1C(=O)N(c2cccc(C(F)(F)F)c2)C(=S)N1Cc1cccnc1. The summed E-state index contributed by atoms with van der Waals surface area (Å²) in [5.41, 5.74) is 5.06. The van der Waals surface area contributed by atoms with Gasteiger partial charge in [0.15, 0.2) is 5.11 Å². The fourth-order valence-corrected chi connectivity index (χ4v) is 3.34. The second kappa shape index (κ2) is 7.55. The van der Waals surface area contributed by atoms with Crippen molar-refractivity contribution in [3.8, 4) is 0 Å². The molecule has 2 amide bonds. The summed E-state index contributed by atoms with van der Waals surface area (Å²) >= 11 is 5.36. The highest BCUT2D eigenvalue weighted by Crippen LogP contribution is 2.34. The van der Waals surface area contributed by atoms with Crippen molar-refractivity contribution in [2.75, 3.05) is 4.90 Å². The first-order chi connectivity index (χ1) is 13.2. The molecule has 0 aliphatic carbocycles. The predicted octanol–water partition coefficient (Wildman–Crippen LogP) is 2.48. The lowest BCUT2D eigenvalue weighted by Gasteiger charge is -2.23. The Morgan fingerprint density at radius 1 is 1.25 bits per heavy atom. The monoisotopic (exact) mass is 408 g/mol. The normalized spacial score (nSPS) is 17.3. The standard InChI is InChI=1S/C18H15F3N4O2S/c19-18(20,21)12-4-1-5-13(7-12)25-16(27)14(8-15(22)26)24(17(25)28)10-11-3-2-6-23-9-11/h1-7,9,14H,8,10H2,(H2,22,26)/t14-/m0/s1. The van der Waals surface area contributed by atoms with Crippen LogP contribution in [0.5, 0.6) is 0 Å². The summed E-state index contributed by atoms with van der Waals surface area (Å²) in [4.78, 5) is 30.8. The van der Waals surface area contributed by atoms with Gasteiger partial charge < -0.3 is 10.6 Å². The molecule has 2 N–H and O–H groups in total. The van der Waals surface area contributed by atoms with Crippen molar-refractivity contribution in [1.29, 1.82) is 0 Å². The third-order valence-electron chi connectivity index (χ3n) is 4.22. The molecule has 6 nitrogen and oxygen atoms in total. The van der Waals surface area contributed by atoms with Gasteiger partial charge in [0, 0.05) is 18.9 Å². The number of alkyl halides is 3. The number of anilines is 1.